The second-order valence-electron chi connectivity index (χ2n) is 4.53. The number of carbonyl (C=O) groups excluding carboxylic acids is 1. The molecule has 0 bridgehead atoms. The van der Waals surface area contributed by atoms with Gasteiger partial charge in [0.2, 0.25) is 0 Å². The van der Waals surface area contributed by atoms with Crippen molar-refractivity contribution < 1.29 is 9.90 Å². The van der Waals surface area contributed by atoms with Crippen molar-refractivity contribution >= 4 is 11.6 Å². The van der Waals surface area contributed by atoms with Gasteiger partial charge in [0.15, 0.2) is 0 Å². The molecular formula is C15H18N2O2. The summed E-state index contributed by atoms with van der Waals surface area (Å²) in [7, 11) is 0. The maximum Gasteiger partial charge on any atom is 0.272 e. The van der Waals surface area contributed by atoms with Crippen LogP contribution in [0.5, 0.6) is 0 Å². The van der Waals surface area contributed by atoms with E-state index in [2.05, 4.69) is 17.2 Å². The monoisotopic (exact) mass is 258 g/mol. The Labute approximate surface area is 112 Å². The summed E-state index contributed by atoms with van der Waals surface area (Å²) in [5.74, 6) is -0.212. The van der Waals surface area contributed by atoms with Crippen molar-refractivity contribution in [2.45, 2.75) is 26.4 Å². The number of hydrogen-bond donors (Lipinski definition) is 3. The Balaban J connectivity index is 2.06. The highest BCUT2D eigenvalue weighted by Crippen LogP contribution is 2.15. The number of benzene rings is 1. The zero-order valence-corrected chi connectivity index (χ0v) is 11.1. The molecule has 4 heteroatoms. The van der Waals surface area contributed by atoms with Crippen LogP contribution in [0.15, 0.2) is 36.5 Å². The predicted octanol–water partition coefficient (Wildman–Crippen LogP) is 2.88. The van der Waals surface area contributed by atoms with Crippen molar-refractivity contribution in [1.82, 2.24) is 4.98 Å². The van der Waals surface area contributed by atoms with E-state index < -0.39 is 6.10 Å². The molecule has 0 spiro atoms. The van der Waals surface area contributed by atoms with Gasteiger partial charge in [0, 0.05) is 11.9 Å². The van der Waals surface area contributed by atoms with Gasteiger partial charge in [0.05, 0.1) is 6.10 Å². The Bertz CT molecular complexity index is 556. The second-order valence-corrected chi connectivity index (χ2v) is 4.53. The summed E-state index contributed by atoms with van der Waals surface area (Å²) in [6.07, 6.45) is 2.03. The van der Waals surface area contributed by atoms with Crippen molar-refractivity contribution in [2.24, 2.45) is 0 Å². The fourth-order valence-corrected chi connectivity index (χ4v) is 1.81. The normalized spacial score (nSPS) is 12.2. The molecule has 0 aliphatic rings. The lowest BCUT2D eigenvalue weighted by atomic mass is 10.1. The molecule has 0 aliphatic carbocycles. The summed E-state index contributed by atoms with van der Waals surface area (Å²) >= 11 is 0. The Morgan fingerprint density at radius 2 is 2.05 bits per heavy atom. The van der Waals surface area contributed by atoms with E-state index >= 15 is 0 Å². The first-order valence-electron chi connectivity index (χ1n) is 6.37. The molecule has 1 aromatic carbocycles. The Morgan fingerprint density at radius 1 is 1.37 bits per heavy atom. The van der Waals surface area contributed by atoms with Gasteiger partial charge in [-0.15, -0.1) is 0 Å². The minimum atomic E-state index is -0.582. The molecular weight excluding hydrogens is 240 g/mol. The molecule has 0 saturated carbocycles. The minimum absolute atomic E-state index is 0.212. The number of amides is 1. The lowest BCUT2D eigenvalue weighted by Gasteiger charge is -2.04. The highest BCUT2D eigenvalue weighted by atomic mass is 16.3. The van der Waals surface area contributed by atoms with E-state index in [1.165, 1.54) is 5.56 Å². The third kappa shape index (κ3) is 3.23. The van der Waals surface area contributed by atoms with Gasteiger partial charge >= 0.3 is 0 Å². The largest absolute Gasteiger partial charge is 0.389 e. The van der Waals surface area contributed by atoms with Crippen LogP contribution in [-0.4, -0.2) is 16.0 Å². The number of aromatic amines is 1. The van der Waals surface area contributed by atoms with Gasteiger partial charge in [-0.05, 0) is 42.7 Å². The molecule has 1 atom stereocenters. The number of nitrogens with one attached hydrogen (secondary N) is 2. The van der Waals surface area contributed by atoms with Crippen molar-refractivity contribution in [3.8, 4) is 0 Å². The van der Waals surface area contributed by atoms with E-state index in [4.69, 9.17) is 0 Å². The number of aliphatic hydroxyl groups excluding tert-OH is 1. The Hall–Kier alpha value is -2.07. The number of aryl methyl sites for hydroxylation is 1. The van der Waals surface area contributed by atoms with E-state index in [1.807, 2.05) is 24.3 Å². The smallest absolute Gasteiger partial charge is 0.272 e. The lowest BCUT2D eigenvalue weighted by Crippen LogP contribution is -2.12. The molecule has 2 rings (SSSR count). The Morgan fingerprint density at radius 3 is 2.58 bits per heavy atom. The van der Waals surface area contributed by atoms with Gasteiger partial charge in [-0.1, -0.05) is 19.1 Å². The highest BCUT2D eigenvalue weighted by molar-refractivity contribution is 6.03. The molecule has 0 aliphatic heterocycles. The SMILES string of the molecule is CCc1ccc(NC(=O)c2cc([C@H](C)O)c[nH]2)cc1. The first-order chi connectivity index (χ1) is 9.10. The van der Waals surface area contributed by atoms with Crippen LogP contribution in [0.4, 0.5) is 5.69 Å². The van der Waals surface area contributed by atoms with Gasteiger partial charge in [-0.25, -0.2) is 0 Å². The Kier molecular flexibility index (Phi) is 4.02. The number of aromatic nitrogens is 1. The summed E-state index contributed by atoms with van der Waals surface area (Å²) in [4.78, 5) is 14.8. The molecule has 0 radical (unpaired) electrons. The number of rotatable bonds is 4. The van der Waals surface area contributed by atoms with E-state index in [0.29, 0.717) is 11.3 Å². The number of anilines is 1. The van der Waals surface area contributed by atoms with Crippen LogP contribution in [0.25, 0.3) is 0 Å². The molecule has 2 aromatic rings. The summed E-state index contributed by atoms with van der Waals surface area (Å²) in [5.41, 5.74) is 3.13. The van der Waals surface area contributed by atoms with E-state index in [0.717, 1.165) is 12.1 Å². The summed E-state index contributed by atoms with van der Waals surface area (Å²) in [6.45, 7) is 3.75. The molecule has 1 amide bonds. The van der Waals surface area contributed by atoms with Crippen molar-refractivity contribution in [3.05, 3.63) is 53.3 Å². The third-order valence-electron chi connectivity index (χ3n) is 3.05. The number of aliphatic hydroxyl groups is 1. The maximum absolute atomic E-state index is 12.0. The van der Waals surface area contributed by atoms with Crippen LogP contribution in [-0.2, 0) is 6.42 Å². The third-order valence-corrected chi connectivity index (χ3v) is 3.05. The van der Waals surface area contributed by atoms with E-state index in [9.17, 15) is 9.90 Å². The first-order valence-corrected chi connectivity index (χ1v) is 6.37. The zero-order chi connectivity index (χ0) is 13.8. The number of H-pyrrole nitrogens is 1. The molecule has 0 saturated heterocycles. The van der Waals surface area contributed by atoms with Crippen molar-refractivity contribution in [1.29, 1.82) is 0 Å². The summed E-state index contributed by atoms with van der Waals surface area (Å²) < 4.78 is 0. The quantitative estimate of drug-likeness (QED) is 0.789. The molecule has 3 N–H and O–H groups in total. The van der Waals surface area contributed by atoms with Crippen LogP contribution in [0, 0.1) is 0 Å². The molecule has 0 fully saturated rings. The zero-order valence-electron chi connectivity index (χ0n) is 11.1. The average molecular weight is 258 g/mol. The average Bonchev–Trinajstić information content (AvgIpc) is 2.89. The molecule has 1 heterocycles. The van der Waals surface area contributed by atoms with Crippen LogP contribution in [0.3, 0.4) is 0 Å². The predicted molar refractivity (Wildman–Crippen MR) is 75.2 cm³/mol. The minimum Gasteiger partial charge on any atom is -0.389 e. The highest BCUT2D eigenvalue weighted by Gasteiger charge is 2.11. The molecule has 100 valence electrons. The fourth-order valence-electron chi connectivity index (χ4n) is 1.81. The molecule has 0 unspecified atom stereocenters. The van der Waals surface area contributed by atoms with Crippen LogP contribution < -0.4 is 5.32 Å². The van der Waals surface area contributed by atoms with Gasteiger partial charge in [-0.3, -0.25) is 4.79 Å². The number of hydrogen-bond acceptors (Lipinski definition) is 2. The van der Waals surface area contributed by atoms with Crippen LogP contribution in [0.1, 0.15) is 41.6 Å². The van der Waals surface area contributed by atoms with Crippen LogP contribution >= 0.6 is 0 Å². The summed E-state index contributed by atoms with van der Waals surface area (Å²) in [6, 6.07) is 9.40. The topological polar surface area (TPSA) is 65.1 Å². The molecule has 19 heavy (non-hydrogen) atoms. The van der Waals surface area contributed by atoms with Crippen molar-refractivity contribution in [3.63, 3.8) is 0 Å². The number of carbonyl (C=O) groups is 1. The van der Waals surface area contributed by atoms with E-state index in [1.54, 1.807) is 19.2 Å². The van der Waals surface area contributed by atoms with Gasteiger partial charge in [0.1, 0.15) is 5.69 Å². The van der Waals surface area contributed by atoms with Gasteiger partial charge in [0.25, 0.3) is 5.91 Å². The first kappa shape index (κ1) is 13.4. The van der Waals surface area contributed by atoms with Crippen molar-refractivity contribution in [2.75, 3.05) is 5.32 Å². The standard InChI is InChI=1S/C15H18N2O2/c1-3-11-4-6-13(7-5-11)17-15(19)14-8-12(9-16-14)10(2)18/h4-10,16,18H,3H2,1-2H3,(H,17,19)/t10-/m0/s1. The second kappa shape index (κ2) is 5.71. The molecule has 1 aromatic heterocycles. The van der Waals surface area contributed by atoms with Crippen LogP contribution in [0.2, 0.25) is 0 Å². The fraction of sp³-hybridized carbons (Fsp3) is 0.267. The maximum atomic E-state index is 12.0. The van der Waals surface area contributed by atoms with E-state index in [-0.39, 0.29) is 5.91 Å². The van der Waals surface area contributed by atoms with Gasteiger partial charge < -0.3 is 15.4 Å². The molecule has 4 nitrogen and oxygen atoms in total. The lowest BCUT2D eigenvalue weighted by molar-refractivity contribution is 0.102. The van der Waals surface area contributed by atoms with Gasteiger partial charge in [-0.2, -0.15) is 0 Å². The summed E-state index contributed by atoms with van der Waals surface area (Å²) in [5, 5.41) is 12.2.